The second-order valence-corrected chi connectivity index (χ2v) is 6.39. The molecule has 0 unspecified atom stereocenters. The van der Waals surface area contributed by atoms with Crippen LogP contribution < -0.4 is 5.73 Å². The number of benzene rings is 1. The Bertz CT molecular complexity index is 472. The summed E-state index contributed by atoms with van der Waals surface area (Å²) < 4.78 is 10.8. The fraction of sp³-hybridized carbons (Fsp3) is 0.417. The zero-order valence-electron chi connectivity index (χ0n) is 10.4. The molecule has 1 aromatic carbocycles. The van der Waals surface area contributed by atoms with Gasteiger partial charge in [0.05, 0.1) is 0 Å². The maximum atomic E-state index is 11.3. The third-order valence-electron chi connectivity index (χ3n) is 2.86. The molecule has 19 heavy (non-hydrogen) atoms. The highest BCUT2D eigenvalue weighted by Gasteiger charge is 2.34. The summed E-state index contributed by atoms with van der Waals surface area (Å²) in [6.07, 6.45) is -0.138. The van der Waals surface area contributed by atoms with Crippen molar-refractivity contribution in [1.82, 2.24) is 0 Å². The number of hydrogen-bond donors (Lipinski definition) is 4. The Morgan fingerprint density at radius 1 is 1.26 bits per heavy atom. The van der Waals surface area contributed by atoms with Crippen LogP contribution in [0.25, 0.3) is 0 Å². The highest BCUT2D eigenvalue weighted by molar-refractivity contribution is 7.51. The van der Waals surface area contributed by atoms with Crippen molar-refractivity contribution in [2.24, 2.45) is 5.73 Å². The van der Waals surface area contributed by atoms with Crippen LogP contribution in [0.4, 0.5) is 0 Å². The van der Waals surface area contributed by atoms with Crippen molar-refractivity contribution in [3.63, 3.8) is 0 Å². The van der Waals surface area contributed by atoms with E-state index in [1.54, 1.807) is 24.3 Å². The van der Waals surface area contributed by atoms with Gasteiger partial charge >= 0.3 is 13.6 Å². The highest BCUT2D eigenvalue weighted by atomic mass is 31.2. The summed E-state index contributed by atoms with van der Waals surface area (Å²) in [6.45, 7) is 0. The summed E-state index contributed by atoms with van der Waals surface area (Å²) in [4.78, 5) is 28.8. The lowest BCUT2D eigenvalue weighted by Gasteiger charge is -2.25. The van der Waals surface area contributed by atoms with Crippen molar-refractivity contribution in [1.29, 1.82) is 0 Å². The summed E-state index contributed by atoms with van der Waals surface area (Å²) >= 11 is 0. The maximum Gasteiger partial charge on any atom is 0.325 e. The number of carboxylic acid groups (broad SMARTS) is 1. The SMILES string of the molecule is N[C@](CCCP(=O)(O)O)(Cc1ccccc1)C(=O)O. The number of carboxylic acids is 1. The van der Waals surface area contributed by atoms with E-state index in [-0.39, 0.29) is 25.4 Å². The molecule has 0 bridgehead atoms. The fourth-order valence-electron chi connectivity index (χ4n) is 1.83. The molecule has 0 radical (unpaired) electrons. The Morgan fingerprint density at radius 2 is 1.84 bits per heavy atom. The Labute approximate surface area is 111 Å². The third kappa shape index (κ3) is 5.53. The quantitative estimate of drug-likeness (QED) is 0.554. The van der Waals surface area contributed by atoms with Crippen LogP contribution in [0.5, 0.6) is 0 Å². The van der Waals surface area contributed by atoms with Crippen LogP contribution in [0.2, 0.25) is 0 Å². The van der Waals surface area contributed by atoms with E-state index in [0.717, 1.165) is 5.56 Å². The molecule has 0 aliphatic heterocycles. The van der Waals surface area contributed by atoms with Crippen LogP contribution in [0.3, 0.4) is 0 Å². The van der Waals surface area contributed by atoms with Crippen molar-refractivity contribution in [2.75, 3.05) is 6.16 Å². The zero-order valence-corrected chi connectivity index (χ0v) is 11.3. The van der Waals surface area contributed by atoms with Gasteiger partial charge in [-0.3, -0.25) is 9.36 Å². The molecule has 1 atom stereocenters. The summed E-state index contributed by atoms with van der Waals surface area (Å²) in [5.41, 5.74) is 5.13. The first-order valence-electron chi connectivity index (χ1n) is 5.84. The Hall–Kier alpha value is -1.20. The molecule has 0 spiro atoms. The Balaban J connectivity index is 2.69. The van der Waals surface area contributed by atoms with Gasteiger partial charge in [-0.15, -0.1) is 0 Å². The average molecular weight is 287 g/mol. The number of carbonyl (C=O) groups is 1. The minimum Gasteiger partial charge on any atom is -0.480 e. The van der Waals surface area contributed by atoms with Gasteiger partial charge in [0.15, 0.2) is 0 Å². The van der Waals surface area contributed by atoms with Gasteiger partial charge in [-0.25, -0.2) is 0 Å². The standard InChI is InChI=1S/C12H18NO5P/c13-12(11(14)15,7-4-8-19(16,17)18)9-10-5-2-1-3-6-10/h1-3,5-6H,4,7-9,13H2,(H,14,15)(H2,16,17,18)/t12-/m1/s1. The van der Waals surface area contributed by atoms with Crippen LogP contribution in [-0.2, 0) is 15.8 Å². The van der Waals surface area contributed by atoms with Gasteiger partial charge in [-0.2, -0.15) is 0 Å². The number of nitrogens with two attached hydrogens (primary N) is 1. The predicted molar refractivity (Wildman–Crippen MR) is 70.8 cm³/mol. The molecule has 6 nitrogen and oxygen atoms in total. The lowest BCUT2D eigenvalue weighted by molar-refractivity contribution is -0.143. The van der Waals surface area contributed by atoms with Gasteiger partial charge in [0, 0.05) is 12.6 Å². The normalized spacial score (nSPS) is 14.9. The smallest absolute Gasteiger partial charge is 0.325 e. The highest BCUT2D eigenvalue weighted by Crippen LogP contribution is 2.36. The monoisotopic (exact) mass is 287 g/mol. The Morgan fingerprint density at radius 3 is 2.32 bits per heavy atom. The van der Waals surface area contributed by atoms with Crippen LogP contribution in [0.15, 0.2) is 30.3 Å². The molecule has 0 fully saturated rings. The minimum atomic E-state index is -4.11. The summed E-state index contributed by atoms with van der Waals surface area (Å²) in [5, 5.41) is 9.20. The van der Waals surface area contributed by atoms with Crippen molar-refractivity contribution in [3.05, 3.63) is 35.9 Å². The first kappa shape index (κ1) is 15.9. The molecule has 1 rings (SSSR count). The van der Waals surface area contributed by atoms with E-state index in [0.29, 0.717) is 0 Å². The van der Waals surface area contributed by atoms with Crippen LogP contribution >= 0.6 is 7.60 Å². The van der Waals surface area contributed by atoms with E-state index < -0.39 is 19.1 Å². The predicted octanol–water partition coefficient (Wildman–Crippen LogP) is 0.969. The van der Waals surface area contributed by atoms with Crippen molar-refractivity contribution >= 4 is 13.6 Å². The van der Waals surface area contributed by atoms with Gasteiger partial charge in [0.1, 0.15) is 5.54 Å². The second-order valence-electron chi connectivity index (χ2n) is 4.62. The largest absolute Gasteiger partial charge is 0.480 e. The van der Waals surface area contributed by atoms with E-state index in [2.05, 4.69) is 0 Å². The van der Waals surface area contributed by atoms with Crippen LogP contribution in [0, 0.1) is 0 Å². The van der Waals surface area contributed by atoms with Crippen molar-refractivity contribution < 1.29 is 24.3 Å². The lowest BCUT2D eigenvalue weighted by atomic mass is 9.87. The molecule has 0 heterocycles. The van der Waals surface area contributed by atoms with E-state index in [9.17, 15) is 14.5 Å². The van der Waals surface area contributed by atoms with Crippen molar-refractivity contribution in [2.45, 2.75) is 24.8 Å². The van der Waals surface area contributed by atoms with Gasteiger partial charge in [0.25, 0.3) is 0 Å². The summed E-state index contributed by atoms with van der Waals surface area (Å²) in [6, 6.07) is 8.93. The summed E-state index contributed by atoms with van der Waals surface area (Å²) in [5.74, 6) is -1.16. The van der Waals surface area contributed by atoms with Gasteiger partial charge < -0.3 is 20.6 Å². The number of aliphatic carboxylic acids is 1. The maximum absolute atomic E-state index is 11.3. The molecular formula is C12H18NO5P. The van der Waals surface area contributed by atoms with Gasteiger partial charge in [-0.05, 0) is 18.4 Å². The molecule has 0 aliphatic rings. The number of rotatable bonds is 7. The zero-order chi connectivity index (χ0) is 14.5. The Kier molecular flexibility index (Phi) is 5.26. The topological polar surface area (TPSA) is 121 Å². The second kappa shape index (κ2) is 6.30. The molecule has 7 heteroatoms. The molecule has 106 valence electrons. The molecule has 0 amide bonds. The van der Waals surface area contributed by atoms with E-state index in [1.165, 1.54) is 0 Å². The molecule has 0 aromatic heterocycles. The van der Waals surface area contributed by atoms with E-state index in [4.69, 9.17) is 15.5 Å². The third-order valence-corrected chi connectivity index (χ3v) is 3.76. The van der Waals surface area contributed by atoms with E-state index in [1.807, 2.05) is 6.07 Å². The molecule has 0 saturated heterocycles. The van der Waals surface area contributed by atoms with Gasteiger partial charge in [-0.1, -0.05) is 30.3 Å². The molecule has 1 aromatic rings. The van der Waals surface area contributed by atoms with Gasteiger partial charge in [0.2, 0.25) is 0 Å². The molecule has 0 saturated carbocycles. The minimum absolute atomic E-state index is 0.0162. The fourth-order valence-corrected chi connectivity index (χ4v) is 2.40. The first-order chi connectivity index (χ1) is 8.73. The summed E-state index contributed by atoms with van der Waals surface area (Å²) in [7, 11) is -4.11. The van der Waals surface area contributed by atoms with Crippen LogP contribution in [-0.4, -0.2) is 32.6 Å². The molecular weight excluding hydrogens is 269 g/mol. The first-order valence-corrected chi connectivity index (χ1v) is 7.63. The van der Waals surface area contributed by atoms with Crippen LogP contribution in [0.1, 0.15) is 18.4 Å². The molecule has 5 N–H and O–H groups in total. The molecule has 0 aliphatic carbocycles. The van der Waals surface area contributed by atoms with Crippen molar-refractivity contribution in [3.8, 4) is 0 Å². The average Bonchev–Trinajstić information content (AvgIpc) is 2.28. The lowest BCUT2D eigenvalue weighted by Crippen LogP contribution is -2.50. The number of hydrogen-bond acceptors (Lipinski definition) is 3. The van der Waals surface area contributed by atoms with E-state index >= 15 is 0 Å².